The molecule has 4 aromatic rings. The minimum atomic E-state index is 0.648. The molecule has 0 saturated carbocycles. The summed E-state index contributed by atoms with van der Waals surface area (Å²) in [5.41, 5.74) is 5.60. The van der Waals surface area contributed by atoms with Crippen LogP contribution in [0, 0.1) is 18.3 Å². The van der Waals surface area contributed by atoms with Crippen LogP contribution >= 0.6 is 23.5 Å². The van der Waals surface area contributed by atoms with E-state index in [1.54, 1.807) is 23.5 Å². The Morgan fingerprint density at radius 2 is 1.88 bits per heavy atom. The third kappa shape index (κ3) is 2.96. The molecule has 3 nitrogen and oxygen atoms in total. The van der Waals surface area contributed by atoms with Crippen LogP contribution in [0.2, 0.25) is 0 Å². The third-order valence-electron chi connectivity index (χ3n) is 4.40. The molecule has 0 saturated heterocycles. The van der Waals surface area contributed by atoms with Crippen molar-refractivity contribution in [1.29, 1.82) is 5.26 Å². The second-order valence-electron chi connectivity index (χ2n) is 6.05. The first-order chi connectivity index (χ1) is 12.7. The summed E-state index contributed by atoms with van der Waals surface area (Å²) >= 11 is 3.53. The Balaban J connectivity index is 1.80. The lowest BCUT2D eigenvalue weighted by Crippen LogP contribution is -1.97. The maximum absolute atomic E-state index is 9.58. The SMILES string of the molecule is CSc1ccc(CSc2cc(C)c(C#N)c3nc4ccccc4n23)cc1. The van der Waals surface area contributed by atoms with Crippen molar-refractivity contribution in [1.82, 2.24) is 9.38 Å². The number of fused-ring (bicyclic) bond motifs is 3. The zero-order chi connectivity index (χ0) is 18.1. The number of aromatic nitrogens is 2. The zero-order valence-electron chi connectivity index (χ0n) is 14.6. The van der Waals surface area contributed by atoms with E-state index in [1.165, 1.54) is 10.5 Å². The van der Waals surface area contributed by atoms with Crippen molar-refractivity contribution in [2.45, 2.75) is 22.6 Å². The Hall–Kier alpha value is -2.42. The topological polar surface area (TPSA) is 41.1 Å². The predicted molar refractivity (Wildman–Crippen MR) is 110 cm³/mol. The average Bonchev–Trinajstić information content (AvgIpc) is 3.06. The van der Waals surface area contributed by atoms with Gasteiger partial charge in [0, 0.05) is 10.6 Å². The first-order valence-corrected chi connectivity index (χ1v) is 10.5. The molecule has 4 rings (SSSR count). The number of nitriles is 1. The highest BCUT2D eigenvalue weighted by Gasteiger charge is 2.15. The van der Waals surface area contributed by atoms with Crippen LogP contribution in [-0.4, -0.2) is 15.6 Å². The number of nitrogens with zero attached hydrogens (tertiary/aromatic N) is 3. The van der Waals surface area contributed by atoms with Crippen LogP contribution in [0.25, 0.3) is 16.7 Å². The second-order valence-corrected chi connectivity index (χ2v) is 7.92. The number of benzene rings is 2. The number of hydrogen-bond donors (Lipinski definition) is 0. The van der Waals surface area contributed by atoms with Crippen LogP contribution in [0.4, 0.5) is 0 Å². The molecule has 0 N–H and O–H groups in total. The molecule has 2 aromatic heterocycles. The lowest BCUT2D eigenvalue weighted by molar-refractivity contribution is 1.04. The highest BCUT2D eigenvalue weighted by Crippen LogP contribution is 2.31. The molecule has 0 amide bonds. The molecule has 0 atom stereocenters. The van der Waals surface area contributed by atoms with E-state index in [-0.39, 0.29) is 0 Å². The predicted octanol–water partition coefficient (Wildman–Crippen LogP) is 5.68. The minimum absolute atomic E-state index is 0.648. The fraction of sp³-hybridized carbons (Fsp3) is 0.143. The van der Waals surface area contributed by atoms with Crippen LogP contribution in [0.5, 0.6) is 0 Å². The van der Waals surface area contributed by atoms with Gasteiger partial charge in [0.1, 0.15) is 6.07 Å². The van der Waals surface area contributed by atoms with E-state index in [1.807, 2.05) is 25.1 Å². The highest BCUT2D eigenvalue weighted by atomic mass is 32.2. The quantitative estimate of drug-likeness (QED) is 0.430. The van der Waals surface area contributed by atoms with Gasteiger partial charge in [-0.15, -0.1) is 23.5 Å². The van der Waals surface area contributed by atoms with Gasteiger partial charge in [-0.2, -0.15) is 5.26 Å². The van der Waals surface area contributed by atoms with E-state index in [2.05, 4.69) is 53.1 Å². The molecule has 0 aliphatic heterocycles. The van der Waals surface area contributed by atoms with Gasteiger partial charge in [-0.05, 0) is 54.6 Å². The van der Waals surface area contributed by atoms with E-state index in [4.69, 9.17) is 4.98 Å². The Labute approximate surface area is 161 Å². The Kier molecular flexibility index (Phi) is 4.62. The van der Waals surface area contributed by atoms with Gasteiger partial charge in [-0.1, -0.05) is 24.3 Å². The summed E-state index contributed by atoms with van der Waals surface area (Å²) in [6.45, 7) is 1.98. The van der Waals surface area contributed by atoms with E-state index in [0.29, 0.717) is 5.56 Å². The maximum atomic E-state index is 9.58. The first-order valence-electron chi connectivity index (χ1n) is 8.28. The van der Waals surface area contributed by atoms with E-state index in [0.717, 1.165) is 33.0 Å². The number of hydrogen-bond acceptors (Lipinski definition) is 4. The van der Waals surface area contributed by atoms with Crippen molar-refractivity contribution in [2.24, 2.45) is 0 Å². The van der Waals surface area contributed by atoms with E-state index < -0.39 is 0 Å². The lowest BCUT2D eigenvalue weighted by Gasteiger charge is -2.10. The Bertz CT molecular complexity index is 1140. The zero-order valence-corrected chi connectivity index (χ0v) is 16.2. The van der Waals surface area contributed by atoms with Crippen LogP contribution in [-0.2, 0) is 5.75 Å². The molecule has 0 unspecified atom stereocenters. The van der Waals surface area contributed by atoms with Gasteiger partial charge in [0.25, 0.3) is 0 Å². The third-order valence-corrected chi connectivity index (χ3v) is 6.21. The summed E-state index contributed by atoms with van der Waals surface area (Å²) in [5.74, 6) is 0.877. The normalized spacial score (nSPS) is 11.1. The van der Waals surface area contributed by atoms with Crippen LogP contribution in [0.3, 0.4) is 0 Å². The van der Waals surface area contributed by atoms with Gasteiger partial charge in [-0.25, -0.2) is 4.98 Å². The monoisotopic (exact) mass is 375 g/mol. The largest absolute Gasteiger partial charge is 0.286 e. The first kappa shape index (κ1) is 17.0. The molecular weight excluding hydrogens is 358 g/mol. The fourth-order valence-electron chi connectivity index (χ4n) is 3.04. The molecule has 0 fully saturated rings. The molecule has 128 valence electrons. The summed E-state index contributed by atoms with van der Waals surface area (Å²) in [7, 11) is 0. The summed E-state index contributed by atoms with van der Waals surface area (Å²) in [5, 5.41) is 10.7. The molecule has 0 aliphatic rings. The van der Waals surface area contributed by atoms with Crippen LogP contribution in [0.15, 0.2) is 64.5 Å². The van der Waals surface area contributed by atoms with Gasteiger partial charge >= 0.3 is 0 Å². The molecular formula is C21H17N3S2. The second kappa shape index (κ2) is 7.06. The van der Waals surface area contributed by atoms with Crippen LogP contribution < -0.4 is 0 Å². The van der Waals surface area contributed by atoms with Crippen molar-refractivity contribution < 1.29 is 0 Å². The molecule has 2 aromatic carbocycles. The molecule has 2 heterocycles. The molecule has 0 bridgehead atoms. The van der Waals surface area contributed by atoms with E-state index in [9.17, 15) is 5.26 Å². The van der Waals surface area contributed by atoms with Gasteiger partial charge in [0.15, 0.2) is 5.65 Å². The molecule has 5 heteroatoms. The van der Waals surface area contributed by atoms with E-state index >= 15 is 0 Å². The van der Waals surface area contributed by atoms with Crippen molar-refractivity contribution in [3.05, 3.63) is 71.3 Å². The van der Waals surface area contributed by atoms with Crippen LogP contribution in [0.1, 0.15) is 16.7 Å². The lowest BCUT2D eigenvalue weighted by atomic mass is 10.2. The molecule has 0 spiro atoms. The summed E-state index contributed by atoms with van der Waals surface area (Å²) in [6, 6.07) is 21.1. The molecule has 26 heavy (non-hydrogen) atoms. The van der Waals surface area contributed by atoms with Crippen molar-refractivity contribution >= 4 is 40.2 Å². The van der Waals surface area contributed by atoms with Gasteiger partial charge in [0.05, 0.1) is 21.6 Å². The number of imidazole rings is 1. The maximum Gasteiger partial charge on any atom is 0.157 e. The minimum Gasteiger partial charge on any atom is -0.286 e. The molecule has 0 radical (unpaired) electrons. The van der Waals surface area contributed by atoms with Crippen molar-refractivity contribution in [2.75, 3.05) is 6.26 Å². The number of rotatable bonds is 4. The molecule has 0 aliphatic carbocycles. The van der Waals surface area contributed by atoms with Gasteiger partial charge < -0.3 is 0 Å². The fourth-order valence-corrected chi connectivity index (χ4v) is 4.53. The number of aryl methyl sites for hydroxylation is 1. The van der Waals surface area contributed by atoms with Gasteiger partial charge in [0.2, 0.25) is 0 Å². The average molecular weight is 376 g/mol. The summed E-state index contributed by atoms with van der Waals surface area (Å²) < 4.78 is 2.11. The summed E-state index contributed by atoms with van der Waals surface area (Å²) in [6.07, 6.45) is 2.09. The summed E-state index contributed by atoms with van der Waals surface area (Å²) in [4.78, 5) is 5.98. The Morgan fingerprint density at radius 3 is 2.62 bits per heavy atom. The number of thioether (sulfide) groups is 2. The standard InChI is InChI=1S/C21H17N3S2/c1-14-11-20(26-13-15-7-9-16(25-2)10-8-15)24-19-6-4-3-5-18(19)23-21(24)17(14)12-22/h3-11H,13H2,1-2H3. The van der Waals surface area contributed by atoms with Gasteiger partial charge in [-0.3, -0.25) is 4.40 Å². The van der Waals surface area contributed by atoms with Crippen molar-refractivity contribution in [3.8, 4) is 6.07 Å². The number of pyridine rings is 1. The highest BCUT2D eigenvalue weighted by molar-refractivity contribution is 7.98. The van der Waals surface area contributed by atoms with Crippen molar-refractivity contribution in [3.63, 3.8) is 0 Å². The Morgan fingerprint density at radius 1 is 1.12 bits per heavy atom. The smallest absolute Gasteiger partial charge is 0.157 e. The number of para-hydroxylation sites is 2.